The summed E-state index contributed by atoms with van der Waals surface area (Å²) >= 11 is 0. The molecule has 1 aromatic carbocycles. The number of likely N-dealkylation sites (tertiary alicyclic amines) is 1. The normalized spacial score (nSPS) is 21.0. The molecule has 1 spiro atoms. The Labute approximate surface area is 156 Å². The molecule has 2 N–H and O–H groups in total. The van der Waals surface area contributed by atoms with Crippen LogP contribution in [0.1, 0.15) is 57.9 Å². The quantitative estimate of drug-likeness (QED) is 0.755. The Morgan fingerprint density at radius 2 is 1.92 bits per heavy atom. The number of aliphatic imine (C=N–C) groups is 1. The van der Waals surface area contributed by atoms with E-state index >= 15 is 0 Å². The Morgan fingerprint density at radius 1 is 1.15 bits per heavy atom. The van der Waals surface area contributed by atoms with Crippen LogP contribution in [0.25, 0.3) is 0 Å². The number of hydrogen-bond donors (Lipinski definition) is 1. The molecule has 0 aromatic heterocycles. The zero-order chi connectivity index (χ0) is 18.1. The molecule has 2 fully saturated rings. The van der Waals surface area contributed by atoms with Crippen molar-refractivity contribution in [3.63, 3.8) is 0 Å². The van der Waals surface area contributed by atoms with Crippen LogP contribution < -0.4 is 15.2 Å². The SMILES string of the molecule is CC(C)Oc1cc2c(cc1OCCCN1CCCC1)N=C(N)C21CCC1. The van der Waals surface area contributed by atoms with Gasteiger partial charge >= 0.3 is 0 Å². The van der Waals surface area contributed by atoms with Crippen molar-refractivity contribution in [3.05, 3.63) is 17.7 Å². The molecular formula is C21H31N3O2. The minimum absolute atomic E-state index is 0.0430. The largest absolute Gasteiger partial charge is 0.490 e. The third kappa shape index (κ3) is 3.18. The van der Waals surface area contributed by atoms with Crippen LogP contribution >= 0.6 is 0 Å². The van der Waals surface area contributed by atoms with E-state index in [9.17, 15) is 0 Å². The Morgan fingerprint density at radius 3 is 2.58 bits per heavy atom. The van der Waals surface area contributed by atoms with E-state index in [-0.39, 0.29) is 11.5 Å². The number of hydrogen-bond acceptors (Lipinski definition) is 5. The molecule has 142 valence electrons. The van der Waals surface area contributed by atoms with E-state index in [4.69, 9.17) is 15.2 Å². The van der Waals surface area contributed by atoms with Crippen LogP contribution in [-0.4, -0.2) is 43.1 Å². The highest BCUT2D eigenvalue weighted by Crippen LogP contribution is 2.54. The average Bonchev–Trinajstić information content (AvgIpc) is 3.15. The number of benzene rings is 1. The van der Waals surface area contributed by atoms with Crippen LogP contribution in [0, 0.1) is 0 Å². The molecule has 0 unspecified atom stereocenters. The Bertz CT molecular complexity index is 689. The maximum Gasteiger partial charge on any atom is 0.163 e. The molecule has 2 heterocycles. The molecule has 3 aliphatic rings. The maximum atomic E-state index is 6.28. The highest BCUT2D eigenvalue weighted by atomic mass is 16.5. The third-order valence-electron chi connectivity index (χ3n) is 5.95. The summed E-state index contributed by atoms with van der Waals surface area (Å²) in [6.07, 6.45) is 7.20. The minimum Gasteiger partial charge on any atom is -0.490 e. The van der Waals surface area contributed by atoms with Gasteiger partial charge in [-0.15, -0.1) is 0 Å². The van der Waals surface area contributed by atoms with E-state index in [1.165, 1.54) is 37.9 Å². The zero-order valence-electron chi connectivity index (χ0n) is 16.1. The van der Waals surface area contributed by atoms with E-state index in [0.717, 1.165) is 48.8 Å². The molecular weight excluding hydrogens is 326 g/mol. The average molecular weight is 357 g/mol. The standard InChI is InChI=1S/C21H31N3O2/c1-15(2)26-19-13-16-17(23-20(22)21(16)7-5-8-21)14-18(19)25-12-6-11-24-9-3-4-10-24/h13-15H,3-12H2,1-2H3,(H2,22,23). The summed E-state index contributed by atoms with van der Waals surface area (Å²) in [5.74, 6) is 2.39. The molecule has 1 aromatic rings. The fourth-order valence-corrected chi connectivity index (χ4v) is 4.39. The molecule has 5 nitrogen and oxygen atoms in total. The molecule has 0 bridgehead atoms. The second kappa shape index (κ2) is 7.10. The smallest absolute Gasteiger partial charge is 0.163 e. The molecule has 26 heavy (non-hydrogen) atoms. The van der Waals surface area contributed by atoms with Crippen molar-refractivity contribution in [2.45, 2.75) is 63.9 Å². The predicted molar refractivity (Wildman–Crippen MR) is 105 cm³/mol. The fraction of sp³-hybridized carbons (Fsp3) is 0.667. The van der Waals surface area contributed by atoms with Gasteiger partial charge in [0.2, 0.25) is 0 Å². The third-order valence-corrected chi connectivity index (χ3v) is 5.95. The van der Waals surface area contributed by atoms with Crippen LogP contribution in [0.15, 0.2) is 17.1 Å². The summed E-state index contributed by atoms with van der Waals surface area (Å²) in [6, 6.07) is 4.16. The van der Waals surface area contributed by atoms with Gasteiger partial charge in [-0.25, -0.2) is 4.99 Å². The number of nitrogens with two attached hydrogens (primary N) is 1. The van der Waals surface area contributed by atoms with Gasteiger partial charge in [-0.3, -0.25) is 0 Å². The van der Waals surface area contributed by atoms with Gasteiger partial charge < -0.3 is 20.1 Å². The summed E-state index contributed by atoms with van der Waals surface area (Å²) in [5.41, 5.74) is 8.43. The van der Waals surface area contributed by atoms with E-state index in [0.29, 0.717) is 6.61 Å². The molecule has 1 saturated heterocycles. The first-order valence-corrected chi connectivity index (χ1v) is 10.1. The van der Waals surface area contributed by atoms with Crippen molar-refractivity contribution < 1.29 is 9.47 Å². The lowest BCUT2D eigenvalue weighted by Gasteiger charge is -2.39. The first-order chi connectivity index (χ1) is 12.6. The summed E-state index contributed by atoms with van der Waals surface area (Å²) in [5, 5.41) is 0. The fourth-order valence-electron chi connectivity index (χ4n) is 4.39. The Kier molecular flexibility index (Phi) is 4.82. The highest BCUT2D eigenvalue weighted by Gasteiger charge is 2.47. The maximum absolute atomic E-state index is 6.28. The van der Waals surface area contributed by atoms with Crippen LogP contribution in [-0.2, 0) is 5.41 Å². The predicted octanol–water partition coefficient (Wildman–Crippen LogP) is 3.76. The topological polar surface area (TPSA) is 60.1 Å². The molecule has 1 aliphatic carbocycles. The van der Waals surface area contributed by atoms with Crippen molar-refractivity contribution >= 4 is 11.5 Å². The van der Waals surface area contributed by atoms with Gasteiger partial charge in [0.15, 0.2) is 11.5 Å². The van der Waals surface area contributed by atoms with Gasteiger partial charge in [-0.2, -0.15) is 0 Å². The highest BCUT2D eigenvalue weighted by molar-refractivity contribution is 6.00. The van der Waals surface area contributed by atoms with E-state index < -0.39 is 0 Å². The van der Waals surface area contributed by atoms with Crippen molar-refractivity contribution in [1.29, 1.82) is 0 Å². The number of amidine groups is 1. The molecule has 4 rings (SSSR count). The minimum atomic E-state index is -0.0430. The lowest BCUT2D eigenvalue weighted by atomic mass is 9.64. The van der Waals surface area contributed by atoms with Crippen molar-refractivity contribution in [3.8, 4) is 11.5 Å². The molecule has 0 atom stereocenters. The summed E-state index contributed by atoms with van der Waals surface area (Å²) in [7, 11) is 0. The second-order valence-electron chi connectivity index (χ2n) is 8.17. The van der Waals surface area contributed by atoms with Crippen LogP contribution in [0.2, 0.25) is 0 Å². The van der Waals surface area contributed by atoms with Gasteiger partial charge in [0.1, 0.15) is 5.84 Å². The molecule has 0 radical (unpaired) electrons. The first-order valence-electron chi connectivity index (χ1n) is 10.1. The number of ether oxygens (including phenoxy) is 2. The van der Waals surface area contributed by atoms with Crippen molar-refractivity contribution in [2.24, 2.45) is 10.7 Å². The summed E-state index contributed by atoms with van der Waals surface area (Å²) < 4.78 is 12.2. The number of rotatable bonds is 7. The van der Waals surface area contributed by atoms with Gasteiger partial charge in [0.05, 0.1) is 23.8 Å². The number of nitrogens with zero attached hydrogens (tertiary/aromatic N) is 2. The number of fused-ring (bicyclic) bond motifs is 2. The zero-order valence-corrected chi connectivity index (χ0v) is 16.1. The van der Waals surface area contributed by atoms with Gasteiger partial charge in [0, 0.05) is 12.6 Å². The van der Waals surface area contributed by atoms with Crippen molar-refractivity contribution in [2.75, 3.05) is 26.2 Å². The van der Waals surface area contributed by atoms with E-state index in [2.05, 4.69) is 16.0 Å². The lowest BCUT2D eigenvalue weighted by molar-refractivity contribution is 0.213. The van der Waals surface area contributed by atoms with Crippen LogP contribution in [0.4, 0.5) is 5.69 Å². The van der Waals surface area contributed by atoms with Crippen LogP contribution in [0.5, 0.6) is 11.5 Å². The Hall–Kier alpha value is -1.75. The molecule has 0 amide bonds. The molecule has 2 aliphatic heterocycles. The molecule has 1 saturated carbocycles. The van der Waals surface area contributed by atoms with Crippen LogP contribution in [0.3, 0.4) is 0 Å². The van der Waals surface area contributed by atoms with Crippen molar-refractivity contribution in [1.82, 2.24) is 4.90 Å². The lowest BCUT2D eigenvalue weighted by Crippen LogP contribution is -2.44. The van der Waals surface area contributed by atoms with Gasteiger partial charge in [-0.1, -0.05) is 6.42 Å². The second-order valence-corrected chi connectivity index (χ2v) is 8.17. The summed E-state index contributed by atoms with van der Waals surface area (Å²) in [4.78, 5) is 7.17. The van der Waals surface area contributed by atoms with Gasteiger partial charge in [0.25, 0.3) is 0 Å². The Balaban J connectivity index is 1.49. The van der Waals surface area contributed by atoms with E-state index in [1.54, 1.807) is 0 Å². The monoisotopic (exact) mass is 357 g/mol. The first kappa shape index (κ1) is 17.7. The molecule has 5 heteroatoms. The summed E-state index contributed by atoms with van der Waals surface area (Å²) in [6.45, 7) is 8.38. The van der Waals surface area contributed by atoms with E-state index in [1.807, 2.05) is 19.9 Å². The van der Waals surface area contributed by atoms with Gasteiger partial charge in [-0.05, 0) is 70.7 Å².